The molecule has 0 amide bonds. The lowest BCUT2D eigenvalue weighted by atomic mass is 10.1. The smallest absolute Gasteiger partial charge is 0.275 e. The van der Waals surface area contributed by atoms with E-state index >= 15 is 0 Å². The molecule has 0 bridgehead atoms. The van der Waals surface area contributed by atoms with Gasteiger partial charge >= 0.3 is 0 Å². The van der Waals surface area contributed by atoms with Gasteiger partial charge in [-0.1, -0.05) is 0 Å². The summed E-state index contributed by atoms with van der Waals surface area (Å²) in [5, 5.41) is 16.6. The molecule has 0 radical (unpaired) electrons. The maximum Gasteiger partial charge on any atom is 0.275 e. The number of halogens is 1. The second-order valence-corrected chi connectivity index (χ2v) is 8.07. The van der Waals surface area contributed by atoms with Gasteiger partial charge < -0.3 is 10.1 Å². The number of ether oxygens (including phenoxy) is 1. The molecule has 1 fully saturated rings. The number of nitriles is 1. The molecule has 0 atom stereocenters. The molecule has 1 saturated heterocycles. The normalized spacial score (nSPS) is 14.8. The first kappa shape index (κ1) is 20.9. The zero-order valence-corrected chi connectivity index (χ0v) is 16.2. The molecule has 2 heterocycles. The van der Waals surface area contributed by atoms with E-state index in [4.69, 9.17) is 4.74 Å². The van der Waals surface area contributed by atoms with E-state index in [1.54, 1.807) is 0 Å². The zero-order chi connectivity index (χ0) is 18.7. The summed E-state index contributed by atoms with van der Waals surface area (Å²) in [6.07, 6.45) is 2.63. The number of nitrogens with zero attached hydrogens (tertiary/aromatic N) is 3. The zero-order valence-electron chi connectivity index (χ0n) is 14.6. The van der Waals surface area contributed by atoms with Gasteiger partial charge in [0.05, 0.1) is 16.6 Å². The van der Waals surface area contributed by atoms with Crippen LogP contribution in [0.15, 0.2) is 40.0 Å². The molecule has 1 N–H and O–H groups in total. The van der Waals surface area contributed by atoms with Crippen LogP contribution in [0.2, 0.25) is 0 Å². The van der Waals surface area contributed by atoms with Crippen molar-refractivity contribution in [2.75, 3.05) is 19.3 Å². The Hall–Kier alpha value is -2.41. The Balaban J connectivity index is 0.00000261. The second kappa shape index (κ2) is 8.52. The van der Waals surface area contributed by atoms with Crippen LogP contribution in [0.1, 0.15) is 18.5 Å². The van der Waals surface area contributed by atoms with E-state index in [1.807, 2.05) is 6.07 Å². The third kappa shape index (κ3) is 4.86. The maximum absolute atomic E-state index is 12.4. The van der Waals surface area contributed by atoms with E-state index in [9.17, 15) is 18.5 Å². The lowest BCUT2D eigenvalue weighted by Crippen LogP contribution is -2.34. The van der Waals surface area contributed by atoms with Crippen LogP contribution in [0.25, 0.3) is 5.69 Å². The van der Waals surface area contributed by atoms with Crippen LogP contribution in [0.3, 0.4) is 0 Å². The van der Waals surface area contributed by atoms with Crippen molar-refractivity contribution in [3.63, 3.8) is 0 Å². The number of aromatic nitrogens is 2. The van der Waals surface area contributed by atoms with Crippen molar-refractivity contribution in [3.05, 3.63) is 46.4 Å². The van der Waals surface area contributed by atoms with E-state index in [0.717, 1.165) is 36.9 Å². The molecular weight excluding hydrogens is 392 g/mol. The highest BCUT2D eigenvalue weighted by atomic mass is 35.5. The minimum atomic E-state index is -3.33. The molecule has 3 rings (SSSR count). The Morgan fingerprint density at radius 3 is 2.44 bits per heavy atom. The van der Waals surface area contributed by atoms with Gasteiger partial charge in [0.15, 0.2) is 15.6 Å². The molecule has 10 heteroatoms. The van der Waals surface area contributed by atoms with Gasteiger partial charge in [0, 0.05) is 6.26 Å². The van der Waals surface area contributed by atoms with Crippen LogP contribution in [0.5, 0.6) is 5.75 Å². The van der Waals surface area contributed by atoms with Crippen LogP contribution < -0.4 is 15.6 Å². The fraction of sp³-hybridized carbons (Fsp3) is 0.353. The molecule has 144 valence electrons. The van der Waals surface area contributed by atoms with Crippen LogP contribution in [0, 0.1) is 11.3 Å². The van der Waals surface area contributed by atoms with Crippen molar-refractivity contribution in [1.82, 2.24) is 15.1 Å². The summed E-state index contributed by atoms with van der Waals surface area (Å²) in [5.41, 5.74) is -0.0809. The summed E-state index contributed by atoms with van der Waals surface area (Å²) in [4.78, 5) is 12.6. The van der Waals surface area contributed by atoms with Crippen molar-refractivity contribution in [2.45, 2.75) is 23.8 Å². The maximum atomic E-state index is 12.4. The van der Waals surface area contributed by atoms with Gasteiger partial charge in [0.2, 0.25) is 5.69 Å². The van der Waals surface area contributed by atoms with Crippen molar-refractivity contribution in [2.24, 2.45) is 0 Å². The fourth-order valence-electron chi connectivity index (χ4n) is 2.72. The molecule has 8 nitrogen and oxygen atoms in total. The van der Waals surface area contributed by atoms with Gasteiger partial charge in [0.1, 0.15) is 12.2 Å². The molecule has 0 unspecified atom stereocenters. The standard InChI is InChI=1S/C17H18N4O4S.ClH/c1-26(23,24)14-4-2-12(3-5-14)21-17(22)10-16(15(11-18)20-21)25-13-6-8-19-9-7-13;/h2-5,10,13,19H,6-9H2,1H3;1H. The summed E-state index contributed by atoms with van der Waals surface area (Å²) >= 11 is 0. The molecule has 0 saturated carbocycles. The monoisotopic (exact) mass is 410 g/mol. The topological polar surface area (TPSA) is 114 Å². The Labute approximate surface area is 163 Å². The number of hydrogen-bond acceptors (Lipinski definition) is 7. The number of hydrogen-bond donors (Lipinski definition) is 1. The van der Waals surface area contributed by atoms with E-state index in [1.165, 1.54) is 30.3 Å². The predicted molar refractivity (Wildman–Crippen MR) is 101 cm³/mol. The highest BCUT2D eigenvalue weighted by molar-refractivity contribution is 7.90. The first-order chi connectivity index (χ1) is 12.4. The molecular formula is C17H19ClN4O4S. The van der Waals surface area contributed by atoms with Crippen molar-refractivity contribution >= 4 is 22.2 Å². The van der Waals surface area contributed by atoms with Gasteiger partial charge in [-0.25, -0.2) is 8.42 Å². The van der Waals surface area contributed by atoms with Gasteiger partial charge in [-0.15, -0.1) is 17.5 Å². The van der Waals surface area contributed by atoms with Gasteiger partial charge in [-0.3, -0.25) is 4.79 Å². The van der Waals surface area contributed by atoms with Gasteiger partial charge in [0.25, 0.3) is 5.56 Å². The fourth-order valence-corrected chi connectivity index (χ4v) is 3.35. The van der Waals surface area contributed by atoms with E-state index in [0.29, 0.717) is 5.69 Å². The van der Waals surface area contributed by atoms with Crippen LogP contribution >= 0.6 is 12.4 Å². The molecule has 2 aromatic rings. The summed E-state index contributed by atoms with van der Waals surface area (Å²) in [6, 6.07) is 8.93. The Kier molecular flexibility index (Phi) is 6.59. The average molecular weight is 411 g/mol. The molecule has 1 aliphatic rings. The van der Waals surface area contributed by atoms with Crippen LogP contribution in [-0.2, 0) is 9.84 Å². The molecule has 1 aromatic carbocycles. The largest absolute Gasteiger partial charge is 0.487 e. The number of benzene rings is 1. The lowest BCUT2D eigenvalue weighted by Gasteiger charge is -2.24. The third-order valence-corrected chi connectivity index (χ3v) is 5.22. The predicted octanol–water partition coefficient (Wildman–Crippen LogP) is 1.06. The van der Waals surface area contributed by atoms with Gasteiger partial charge in [-0.05, 0) is 50.2 Å². The molecule has 1 aromatic heterocycles. The van der Waals surface area contributed by atoms with E-state index < -0.39 is 15.4 Å². The summed E-state index contributed by atoms with van der Waals surface area (Å²) < 4.78 is 29.9. The highest BCUT2D eigenvalue weighted by Crippen LogP contribution is 2.19. The molecule has 1 aliphatic heterocycles. The SMILES string of the molecule is CS(=O)(=O)c1ccc(-n2nc(C#N)c(OC3CCNCC3)cc2=O)cc1.Cl. The van der Waals surface area contributed by atoms with E-state index in [-0.39, 0.29) is 34.8 Å². The minimum absolute atomic E-state index is 0. The summed E-state index contributed by atoms with van der Waals surface area (Å²) in [6.45, 7) is 1.65. The quantitative estimate of drug-likeness (QED) is 0.801. The average Bonchev–Trinajstić information content (AvgIpc) is 2.62. The minimum Gasteiger partial charge on any atom is -0.487 e. The van der Waals surface area contributed by atoms with Crippen LogP contribution in [0.4, 0.5) is 0 Å². The Bertz CT molecular complexity index is 1010. The van der Waals surface area contributed by atoms with Gasteiger partial charge in [-0.2, -0.15) is 9.94 Å². The number of nitrogens with one attached hydrogen (secondary N) is 1. The first-order valence-electron chi connectivity index (χ1n) is 8.11. The molecule has 0 spiro atoms. The molecule has 27 heavy (non-hydrogen) atoms. The highest BCUT2D eigenvalue weighted by Gasteiger charge is 2.19. The second-order valence-electron chi connectivity index (χ2n) is 6.05. The number of piperidine rings is 1. The van der Waals surface area contributed by atoms with Crippen molar-refractivity contribution in [3.8, 4) is 17.5 Å². The van der Waals surface area contributed by atoms with Crippen molar-refractivity contribution < 1.29 is 13.2 Å². The number of sulfone groups is 1. The summed E-state index contributed by atoms with van der Waals surface area (Å²) in [5.74, 6) is 0.174. The van der Waals surface area contributed by atoms with E-state index in [2.05, 4.69) is 10.4 Å². The third-order valence-electron chi connectivity index (χ3n) is 4.09. The first-order valence-corrected chi connectivity index (χ1v) is 10.00. The Morgan fingerprint density at radius 2 is 1.89 bits per heavy atom. The number of rotatable bonds is 4. The summed E-state index contributed by atoms with van der Waals surface area (Å²) in [7, 11) is -3.33. The lowest BCUT2D eigenvalue weighted by molar-refractivity contribution is 0.160. The molecule has 0 aliphatic carbocycles. The van der Waals surface area contributed by atoms with Crippen LogP contribution in [-0.4, -0.2) is 43.6 Å². The Morgan fingerprint density at radius 1 is 1.26 bits per heavy atom. The van der Waals surface area contributed by atoms with Crippen molar-refractivity contribution in [1.29, 1.82) is 5.26 Å².